The molecule has 2 aromatic carbocycles. The van der Waals surface area contributed by atoms with Gasteiger partial charge in [0.25, 0.3) is 5.91 Å². The first-order valence-electron chi connectivity index (χ1n) is 11.0. The van der Waals surface area contributed by atoms with Gasteiger partial charge in [-0.2, -0.15) is 0 Å². The van der Waals surface area contributed by atoms with E-state index in [4.69, 9.17) is 0 Å². The average molecular weight is 502 g/mol. The third-order valence-electron chi connectivity index (χ3n) is 5.54. The Morgan fingerprint density at radius 1 is 1.09 bits per heavy atom. The first-order valence-corrected chi connectivity index (χ1v) is 12.7. The van der Waals surface area contributed by atoms with E-state index in [9.17, 15) is 26.4 Å². The van der Waals surface area contributed by atoms with E-state index in [0.29, 0.717) is 26.2 Å². The SMILES string of the molecule is CCS(=O)(=O)Nc1ccc(C(=O)N2CCN(CCCc3ccccc3)CC2)cc1OC(F)(F)F.[HH]. The highest BCUT2D eigenvalue weighted by atomic mass is 32.2. The molecule has 3 rings (SSSR count). The summed E-state index contributed by atoms with van der Waals surface area (Å²) in [6.45, 7) is 4.48. The van der Waals surface area contributed by atoms with Crippen LogP contribution in [0, 0.1) is 0 Å². The van der Waals surface area contributed by atoms with Gasteiger partial charge in [-0.3, -0.25) is 14.4 Å². The minimum atomic E-state index is -5.04. The topological polar surface area (TPSA) is 79.0 Å². The lowest BCUT2D eigenvalue weighted by Crippen LogP contribution is -2.48. The van der Waals surface area contributed by atoms with Gasteiger partial charge in [0, 0.05) is 33.2 Å². The van der Waals surface area contributed by atoms with Crippen LogP contribution in [-0.4, -0.2) is 69.0 Å². The van der Waals surface area contributed by atoms with Crippen LogP contribution in [0.2, 0.25) is 0 Å². The quantitative estimate of drug-likeness (QED) is 0.562. The van der Waals surface area contributed by atoms with Crippen LogP contribution < -0.4 is 9.46 Å². The Hall–Kier alpha value is -2.79. The number of benzene rings is 2. The summed E-state index contributed by atoms with van der Waals surface area (Å²) in [7, 11) is -3.83. The number of aryl methyl sites for hydroxylation is 1. The van der Waals surface area contributed by atoms with Gasteiger partial charge in [-0.05, 0) is 50.1 Å². The van der Waals surface area contributed by atoms with E-state index in [0.717, 1.165) is 31.5 Å². The molecule has 0 aliphatic carbocycles. The molecule has 1 fully saturated rings. The van der Waals surface area contributed by atoms with Crippen LogP contribution in [0.4, 0.5) is 18.9 Å². The number of carbonyl (C=O) groups excluding carboxylic acids is 1. The van der Waals surface area contributed by atoms with Gasteiger partial charge in [-0.1, -0.05) is 30.3 Å². The summed E-state index contributed by atoms with van der Waals surface area (Å²) >= 11 is 0. The van der Waals surface area contributed by atoms with Gasteiger partial charge in [0.05, 0.1) is 11.4 Å². The Morgan fingerprint density at radius 2 is 1.76 bits per heavy atom. The fraction of sp³-hybridized carbons (Fsp3) is 0.435. The van der Waals surface area contributed by atoms with Gasteiger partial charge < -0.3 is 9.64 Å². The molecule has 1 N–H and O–H groups in total. The molecule has 0 spiro atoms. The molecule has 0 bridgehead atoms. The summed E-state index contributed by atoms with van der Waals surface area (Å²) in [6, 6.07) is 13.5. The number of nitrogens with one attached hydrogen (secondary N) is 1. The van der Waals surface area contributed by atoms with Crippen molar-refractivity contribution < 1.29 is 32.5 Å². The molecule has 7 nitrogen and oxygen atoms in total. The number of alkyl halides is 3. The van der Waals surface area contributed by atoms with E-state index in [-0.39, 0.29) is 18.4 Å². The van der Waals surface area contributed by atoms with Crippen LogP contribution >= 0.6 is 0 Å². The predicted octanol–water partition coefficient (Wildman–Crippen LogP) is 3.98. The van der Waals surface area contributed by atoms with Crippen molar-refractivity contribution in [3.05, 3.63) is 59.7 Å². The van der Waals surface area contributed by atoms with Crippen molar-refractivity contribution in [2.24, 2.45) is 0 Å². The number of amides is 1. The lowest BCUT2D eigenvalue weighted by atomic mass is 10.1. The van der Waals surface area contributed by atoms with Gasteiger partial charge in [0.15, 0.2) is 5.75 Å². The number of piperazine rings is 1. The predicted molar refractivity (Wildman–Crippen MR) is 125 cm³/mol. The third-order valence-corrected chi connectivity index (χ3v) is 6.83. The number of ether oxygens (including phenoxy) is 1. The number of hydrogen-bond donors (Lipinski definition) is 1. The van der Waals surface area contributed by atoms with Crippen LogP contribution in [0.15, 0.2) is 48.5 Å². The minimum absolute atomic E-state index is 0. The highest BCUT2D eigenvalue weighted by molar-refractivity contribution is 7.92. The van der Waals surface area contributed by atoms with E-state index >= 15 is 0 Å². The summed E-state index contributed by atoms with van der Waals surface area (Å²) in [5.74, 6) is -1.52. The fourth-order valence-electron chi connectivity index (χ4n) is 3.70. The summed E-state index contributed by atoms with van der Waals surface area (Å²) in [5, 5.41) is 0. The maximum atomic E-state index is 12.9. The van der Waals surface area contributed by atoms with E-state index in [2.05, 4.69) is 26.5 Å². The lowest BCUT2D eigenvalue weighted by Gasteiger charge is -2.35. The van der Waals surface area contributed by atoms with Crippen LogP contribution in [0.3, 0.4) is 0 Å². The normalized spacial score (nSPS) is 15.2. The summed E-state index contributed by atoms with van der Waals surface area (Å²) in [5.41, 5.74) is 0.896. The maximum absolute atomic E-state index is 12.9. The van der Waals surface area contributed by atoms with Gasteiger partial charge in [-0.15, -0.1) is 13.2 Å². The molecule has 34 heavy (non-hydrogen) atoms. The zero-order chi connectivity index (χ0) is 24.8. The van der Waals surface area contributed by atoms with E-state index in [1.807, 2.05) is 18.2 Å². The Labute approximate surface area is 199 Å². The minimum Gasteiger partial charge on any atom is -0.404 e. The molecule has 0 radical (unpaired) electrons. The zero-order valence-corrected chi connectivity index (χ0v) is 19.7. The van der Waals surface area contributed by atoms with Crippen LogP contribution in [0.25, 0.3) is 0 Å². The van der Waals surface area contributed by atoms with Crippen molar-refractivity contribution in [2.45, 2.75) is 26.1 Å². The zero-order valence-electron chi connectivity index (χ0n) is 18.8. The number of halogens is 3. The number of sulfonamides is 1. The first-order chi connectivity index (χ1) is 16.1. The number of nitrogens with zero attached hydrogens (tertiary/aromatic N) is 2. The third kappa shape index (κ3) is 7.63. The molecule has 188 valence electrons. The van der Waals surface area contributed by atoms with E-state index < -0.39 is 28.0 Å². The number of rotatable bonds is 9. The Kier molecular flexibility index (Phi) is 8.42. The highest BCUT2D eigenvalue weighted by Crippen LogP contribution is 2.32. The van der Waals surface area contributed by atoms with Crippen molar-refractivity contribution >= 4 is 21.6 Å². The molecular weight excluding hydrogens is 471 g/mol. The van der Waals surface area contributed by atoms with Crippen molar-refractivity contribution in [3.63, 3.8) is 0 Å². The molecule has 1 amide bonds. The Bertz CT molecular complexity index is 1080. The molecule has 1 aliphatic rings. The number of anilines is 1. The Morgan fingerprint density at radius 3 is 2.38 bits per heavy atom. The molecule has 0 atom stereocenters. The molecule has 0 saturated carbocycles. The molecular formula is C23H30F3N3O4S. The fourth-order valence-corrected chi connectivity index (χ4v) is 4.35. The average Bonchev–Trinajstić information content (AvgIpc) is 2.80. The smallest absolute Gasteiger partial charge is 0.404 e. The molecule has 0 unspecified atom stereocenters. The first kappa shape index (κ1) is 25.8. The second kappa shape index (κ2) is 11.1. The number of carbonyl (C=O) groups is 1. The van der Waals surface area contributed by atoms with Crippen molar-refractivity contribution in [1.82, 2.24) is 9.80 Å². The van der Waals surface area contributed by atoms with Gasteiger partial charge in [0.1, 0.15) is 0 Å². The second-order valence-corrected chi connectivity index (χ2v) is 10.00. The lowest BCUT2D eigenvalue weighted by molar-refractivity contribution is -0.274. The van der Waals surface area contributed by atoms with Crippen LogP contribution in [-0.2, 0) is 16.4 Å². The van der Waals surface area contributed by atoms with E-state index in [1.54, 1.807) is 4.90 Å². The van der Waals surface area contributed by atoms with Crippen LogP contribution in [0.5, 0.6) is 5.75 Å². The van der Waals surface area contributed by atoms with Crippen molar-refractivity contribution in [1.29, 1.82) is 0 Å². The van der Waals surface area contributed by atoms with Crippen molar-refractivity contribution in [2.75, 3.05) is 43.2 Å². The largest absolute Gasteiger partial charge is 0.573 e. The summed E-state index contributed by atoms with van der Waals surface area (Å²) < 4.78 is 68.3. The molecule has 2 aromatic rings. The molecule has 1 saturated heterocycles. The Balaban J connectivity index is 0.00000432. The monoisotopic (exact) mass is 501 g/mol. The standard InChI is InChI=1S/C23H28F3N3O4S.H2/c1-2-34(31,32)27-20-11-10-19(17-21(20)33-23(24,25)26)22(30)29-15-13-28(14-16-29)12-6-9-18-7-4-3-5-8-18;/h3-5,7-8,10-11,17,27H,2,6,9,12-16H2,1H3;1H. The molecule has 11 heteroatoms. The van der Waals surface area contributed by atoms with Gasteiger partial charge in [-0.25, -0.2) is 8.42 Å². The van der Waals surface area contributed by atoms with Crippen molar-refractivity contribution in [3.8, 4) is 5.75 Å². The summed E-state index contributed by atoms with van der Waals surface area (Å²) in [6.07, 6.45) is -3.08. The second-order valence-electron chi connectivity index (χ2n) is 7.99. The molecule has 1 aliphatic heterocycles. The van der Waals surface area contributed by atoms with Crippen LogP contribution in [0.1, 0.15) is 30.7 Å². The summed E-state index contributed by atoms with van der Waals surface area (Å²) in [4.78, 5) is 16.7. The number of hydrogen-bond acceptors (Lipinski definition) is 5. The maximum Gasteiger partial charge on any atom is 0.573 e. The van der Waals surface area contributed by atoms with Gasteiger partial charge >= 0.3 is 6.36 Å². The van der Waals surface area contributed by atoms with Gasteiger partial charge in [0.2, 0.25) is 10.0 Å². The molecule has 0 aromatic heterocycles. The van der Waals surface area contributed by atoms with E-state index in [1.165, 1.54) is 18.6 Å². The molecule has 1 heterocycles. The highest BCUT2D eigenvalue weighted by Gasteiger charge is 2.33.